The lowest BCUT2D eigenvalue weighted by Crippen LogP contribution is -2.41. The van der Waals surface area contributed by atoms with Crippen LogP contribution in [-0.2, 0) is 6.54 Å². The third-order valence-electron chi connectivity index (χ3n) is 4.06. The first kappa shape index (κ1) is 15.1. The summed E-state index contributed by atoms with van der Waals surface area (Å²) in [6.07, 6.45) is 4.29. The Balaban J connectivity index is 1.96. The van der Waals surface area contributed by atoms with Gasteiger partial charge in [-0.15, -0.1) is 0 Å². The third kappa shape index (κ3) is 4.09. The van der Waals surface area contributed by atoms with E-state index in [0.717, 1.165) is 12.3 Å². The van der Waals surface area contributed by atoms with E-state index in [9.17, 15) is 0 Å². The molecule has 0 atom stereocenters. The van der Waals surface area contributed by atoms with Crippen LogP contribution in [0.5, 0.6) is 5.75 Å². The summed E-state index contributed by atoms with van der Waals surface area (Å²) in [6.45, 7) is 7.61. The summed E-state index contributed by atoms with van der Waals surface area (Å²) < 4.78 is 5.74. The van der Waals surface area contributed by atoms with Crippen molar-refractivity contribution in [2.75, 3.05) is 33.8 Å². The minimum atomic E-state index is 0.564. The van der Waals surface area contributed by atoms with Crippen molar-refractivity contribution in [3.05, 3.63) is 42.5 Å². The number of ether oxygens (including phenoxy) is 1. The lowest BCUT2D eigenvalue weighted by Gasteiger charge is -2.35. The van der Waals surface area contributed by atoms with Crippen LogP contribution in [0, 0.1) is 0 Å². The number of piperidine rings is 1. The van der Waals surface area contributed by atoms with E-state index in [1.807, 2.05) is 12.1 Å². The molecule has 1 aromatic rings. The Hall–Kier alpha value is -1.32. The maximum Gasteiger partial charge on any atom is 0.124 e. The molecule has 3 heteroatoms. The zero-order chi connectivity index (χ0) is 14.4. The highest BCUT2D eigenvalue weighted by Gasteiger charge is 2.21. The van der Waals surface area contributed by atoms with Crippen LogP contribution in [0.25, 0.3) is 0 Å². The number of nitrogens with zero attached hydrogens (tertiary/aromatic N) is 2. The second-order valence-corrected chi connectivity index (χ2v) is 5.66. The van der Waals surface area contributed by atoms with E-state index in [2.05, 4.69) is 42.6 Å². The largest absolute Gasteiger partial charge is 0.489 e. The maximum absolute atomic E-state index is 5.74. The van der Waals surface area contributed by atoms with Gasteiger partial charge in [0.25, 0.3) is 0 Å². The Morgan fingerprint density at radius 3 is 2.75 bits per heavy atom. The van der Waals surface area contributed by atoms with Crippen LogP contribution in [0.3, 0.4) is 0 Å². The van der Waals surface area contributed by atoms with Crippen LogP contribution in [0.2, 0.25) is 0 Å². The standard InChI is InChI=1S/C17H26N2O/c1-4-13-20-17-8-6-5-7-15(17)14-19(3)16-9-11-18(2)12-10-16/h4-8,16H,1,9-14H2,2-3H3. The van der Waals surface area contributed by atoms with Crippen molar-refractivity contribution in [1.82, 2.24) is 9.80 Å². The lowest BCUT2D eigenvalue weighted by atomic mass is 10.0. The summed E-state index contributed by atoms with van der Waals surface area (Å²) in [7, 11) is 4.43. The molecule has 20 heavy (non-hydrogen) atoms. The number of hydrogen-bond acceptors (Lipinski definition) is 3. The monoisotopic (exact) mass is 274 g/mol. The van der Waals surface area contributed by atoms with Gasteiger partial charge in [-0.3, -0.25) is 4.90 Å². The fourth-order valence-electron chi connectivity index (χ4n) is 2.76. The molecular weight excluding hydrogens is 248 g/mol. The van der Waals surface area contributed by atoms with Crippen molar-refractivity contribution in [1.29, 1.82) is 0 Å². The molecule has 0 radical (unpaired) electrons. The average Bonchev–Trinajstić information content (AvgIpc) is 2.47. The van der Waals surface area contributed by atoms with Gasteiger partial charge >= 0.3 is 0 Å². The highest BCUT2D eigenvalue weighted by molar-refractivity contribution is 5.33. The molecule has 2 rings (SSSR count). The Bertz CT molecular complexity index is 425. The second kappa shape index (κ2) is 7.46. The van der Waals surface area contributed by atoms with Crippen LogP contribution in [0.15, 0.2) is 36.9 Å². The molecule has 1 aliphatic heterocycles. The maximum atomic E-state index is 5.74. The molecule has 1 saturated heterocycles. The van der Waals surface area contributed by atoms with Crippen LogP contribution in [0.4, 0.5) is 0 Å². The first-order valence-corrected chi connectivity index (χ1v) is 7.41. The molecule has 0 N–H and O–H groups in total. The van der Waals surface area contributed by atoms with Gasteiger partial charge in [0.05, 0.1) is 0 Å². The summed E-state index contributed by atoms with van der Waals surface area (Å²) in [5.74, 6) is 0.979. The van der Waals surface area contributed by atoms with Gasteiger partial charge in [-0.25, -0.2) is 0 Å². The van der Waals surface area contributed by atoms with E-state index < -0.39 is 0 Å². The van der Waals surface area contributed by atoms with Crippen molar-refractivity contribution in [2.45, 2.75) is 25.4 Å². The lowest BCUT2D eigenvalue weighted by molar-refractivity contribution is 0.138. The second-order valence-electron chi connectivity index (χ2n) is 5.66. The number of hydrogen-bond donors (Lipinski definition) is 0. The highest BCUT2D eigenvalue weighted by Crippen LogP contribution is 2.22. The summed E-state index contributed by atoms with van der Waals surface area (Å²) >= 11 is 0. The van der Waals surface area contributed by atoms with Crippen molar-refractivity contribution in [3.63, 3.8) is 0 Å². The van der Waals surface area contributed by atoms with Gasteiger partial charge in [0.15, 0.2) is 0 Å². The summed E-state index contributed by atoms with van der Waals surface area (Å²) in [5, 5.41) is 0. The minimum Gasteiger partial charge on any atom is -0.489 e. The van der Waals surface area contributed by atoms with E-state index in [0.29, 0.717) is 12.6 Å². The molecule has 1 aliphatic rings. The molecule has 0 unspecified atom stereocenters. The van der Waals surface area contributed by atoms with Crippen molar-refractivity contribution in [2.24, 2.45) is 0 Å². The molecule has 0 saturated carbocycles. The molecular formula is C17H26N2O. The molecule has 0 amide bonds. The third-order valence-corrected chi connectivity index (χ3v) is 4.06. The molecule has 1 fully saturated rings. The Labute approximate surface area is 122 Å². The smallest absolute Gasteiger partial charge is 0.124 e. The molecule has 0 aromatic heterocycles. The van der Waals surface area contributed by atoms with Gasteiger partial charge in [0.1, 0.15) is 12.4 Å². The predicted molar refractivity (Wildman–Crippen MR) is 84.1 cm³/mol. The van der Waals surface area contributed by atoms with E-state index in [-0.39, 0.29) is 0 Å². The number of para-hydroxylation sites is 1. The Kier molecular flexibility index (Phi) is 5.62. The van der Waals surface area contributed by atoms with Crippen LogP contribution < -0.4 is 4.74 Å². The number of benzene rings is 1. The topological polar surface area (TPSA) is 15.7 Å². The summed E-state index contributed by atoms with van der Waals surface area (Å²) in [5.41, 5.74) is 1.26. The van der Waals surface area contributed by atoms with E-state index in [1.165, 1.54) is 31.5 Å². The van der Waals surface area contributed by atoms with E-state index in [1.54, 1.807) is 6.08 Å². The Morgan fingerprint density at radius 1 is 1.35 bits per heavy atom. The molecule has 0 bridgehead atoms. The van der Waals surface area contributed by atoms with Gasteiger partial charge in [-0.05, 0) is 46.1 Å². The quantitative estimate of drug-likeness (QED) is 0.742. The first-order chi connectivity index (χ1) is 9.70. The van der Waals surface area contributed by atoms with Crippen molar-refractivity contribution < 1.29 is 4.74 Å². The van der Waals surface area contributed by atoms with E-state index in [4.69, 9.17) is 4.74 Å². The van der Waals surface area contributed by atoms with Crippen molar-refractivity contribution in [3.8, 4) is 5.75 Å². The SMILES string of the molecule is C=CCOc1ccccc1CN(C)C1CCN(C)CC1. The number of likely N-dealkylation sites (tertiary alicyclic amines) is 1. The highest BCUT2D eigenvalue weighted by atomic mass is 16.5. The summed E-state index contributed by atoms with van der Waals surface area (Å²) in [6, 6.07) is 8.99. The fraction of sp³-hybridized carbons (Fsp3) is 0.529. The van der Waals surface area contributed by atoms with Gasteiger partial charge in [-0.2, -0.15) is 0 Å². The molecule has 1 heterocycles. The number of rotatable bonds is 6. The molecule has 1 aromatic carbocycles. The first-order valence-electron chi connectivity index (χ1n) is 7.41. The molecule has 3 nitrogen and oxygen atoms in total. The molecule has 0 spiro atoms. The predicted octanol–water partition coefficient (Wildman–Crippen LogP) is 2.78. The zero-order valence-electron chi connectivity index (χ0n) is 12.7. The van der Waals surface area contributed by atoms with Gasteiger partial charge in [0, 0.05) is 18.2 Å². The zero-order valence-corrected chi connectivity index (χ0v) is 12.7. The van der Waals surface area contributed by atoms with E-state index >= 15 is 0 Å². The van der Waals surface area contributed by atoms with Crippen molar-refractivity contribution >= 4 is 0 Å². The minimum absolute atomic E-state index is 0.564. The van der Waals surface area contributed by atoms with Gasteiger partial charge in [0.2, 0.25) is 0 Å². The molecule has 110 valence electrons. The van der Waals surface area contributed by atoms with Gasteiger partial charge in [-0.1, -0.05) is 30.9 Å². The fourth-order valence-corrected chi connectivity index (χ4v) is 2.76. The Morgan fingerprint density at radius 2 is 2.05 bits per heavy atom. The summed E-state index contributed by atoms with van der Waals surface area (Å²) in [4.78, 5) is 4.87. The molecule has 0 aliphatic carbocycles. The van der Waals surface area contributed by atoms with Crippen LogP contribution in [0.1, 0.15) is 18.4 Å². The van der Waals surface area contributed by atoms with Gasteiger partial charge < -0.3 is 9.64 Å². The van der Waals surface area contributed by atoms with Crippen LogP contribution in [-0.4, -0.2) is 49.6 Å². The average molecular weight is 274 g/mol. The normalized spacial score (nSPS) is 17.4. The van der Waals surface area contributed by atoms with Crippen LogP contribution >= 0.6 is 0 Å².